The van der Waals surface area contributed by atoms with Gasteiger partial charge in [0.15, 0.2) is 0 Å². The molecule has 0 aliphatic heterocycles. The van der Waals surface area contributed by atoms with Gasteiger partial charge in [-0.3, -0.25) is 4.79 Å². The highest BCUT2D eigenvalue weighted by Gasteiger charge is 2.12. The van der Waals surface area contributed by atoms with Crippen LogP contribution in [0.2, 0.25) is 0 Å². The minimum absolute atomic E-state index is 0. The van der Waals surface area contributed by atoms with Gasteiger partial charge in [-0.1, -0.05) is 0 Å². The van der Waals surface area contributed by atoms with Crippen molar-refractivity contribution in [2.24, 2.45) is 7.05 Å². The standard InChI is InChI=1S/C10H10N2O2S.ClH/c1-12-4-3-11-10(12)7-2-5-15-8(7)6-9(13)14;/h2-5H,6H2,1H3,(H,13,14);1H. The molecule has 0 unspecified atom stereocenters. The Morgan fingerprint density at radius 3 is 2.94 bits per heavy atom. The molecule has 16 heavy (non-hydrogen) atoms. The number of aryl methyl sites for hydroxylation is 1. The first kappa shape index (κ1) is 12.7. The predicted octanol–water partition coefficient (Wildman–Crippen LogP) is 2.20. The SMILES string of the molecule is Cl.Cn1ccnc1-c1ccsc1CC(=O)O. The number of carboxylic acid groups (broad SMARTS) is 1. The average molecular weight is 259 g/mol. The third kappa shape index (κ3) is 2.43. The number of carbonyl (C=O) groups is 1. The van der Waals surface area contributed by atoms with E-state index in [0.717, 1.165) is 16.3 Å². The normalized spacial score (nSPS) is 9.81. The van der Waals surface area contributed by atoms with Crippen molar-refractivity contribution in [2.45, 2.75) is 6.42 Å². The van der Waals surface area contributed by atoms with Gasteiger partial charge in [0.25, 0.3) is 0 Å². The first-order valence-electron chi connectivity index (χ1n) is 4.44. The Labute approximate surface area is 103 Å². The molecule has 86 valence electrons. The summed E-state index contributed by atoms with van der Waals surface area (Å²) in [6, 6.07) is 1.91. The van der Waals surface area contributed by atoms with Crippen LogP contribution in [-0.2, 0) is 18.3 Å². The minimum Gasteiger partial charge on any atom is -0.481 e. The molecule has 4 nitrogen and oxygen atoms in total. The summed E-state index contributed by atoms with van der Waals surface area (Å²) in [5, 5.41) is 10.6. The molecule has 0 spiro atoms. The lowest BCUT2D eigenvalue weighted by atomic mass is 10.2. The number of carboxylic acids is 1. The molecule has 6 heteroatoms. The van der Waals surface area contributed by atoms with Gasteiger partial charge in [-0.05, 0) is 11.4 Å². The molecule has 2 aromatic heterocycles. The van der Waals surface area contributed by atoms with Crippen molar-refractivity contribution in [3.63, 3.8) is 0 Å². The van der Waals surface area contributed by atoms with Gasteiger partial charge in [-0.2, -0.15) is 0 Å². The van der Waals surface area contributed by atoms with Crippen LogP contribution in [0.15, 0.2) is 23.8 Å². The van der Waals surface area contributed by atoms with Crippen LogP contribution in [-0.4, -0.2) is 20.6 Å². The van der Waals surface area contributed by atoms with Crippen molar-refractivity contribution in [3.8, 4) is 11.4 Å². The first-order chi connectivity index (χ1) is 7.18. The van der Waals surface area contributed by atoms with Crippen molar-refractivity contribution in [1.29, 1.82) is 0 Å². The third-order valence-corrected chi connectivity index (χ3v) is 3.04. The van der Waals surface area contributed by atoms with E-state index in [0.29, 0.717) is 0 Å². The second-order valence-corrected chi connectivity index (χ2v) is 4.19. The number of aromatic nitrogens is 2. The Kier molecular flexibility index (Phi) is 4.09. The molecule has 0 saturated carbocycles. The molecule has 0 saturated heterocycles. The monoisotopic (exact) mass is 258 g/mol. The van der Waals surface area contributed by atoms with Crippen LogP contribution in [0.5, 0.6) is 0 Å². The van der Waals surface area contributed by atoms with Crippen molar-refractivity contribution in [1.82, 2.24) is 9.55 Å². The van der Waals surface area contributed by atoms with Gasteiger partial charge in [0.1, 0.15) is 5.82 Å². The van der Waals surface area contributed by atoms with E-state index in [1.807, 2.05) is 29.3 Å². The number of rotatable bonds is 3. The molecule has 0 fully saturated rings. The van der Waals surface area contributed by atoms with Crippen LogP contribution >= 0.6 is 23.7 Å². The number of hydrogen-bond acceptors (Lipinski definition) is 3. The van der Waals surface area contributed by atoms with Crippen LogP contribution in [0.4, 0.5) is 0 Å². The van der Waals surface area contributed by atoms with E-state index in [4.69, 9.17) is 5.11 Å². The Hall–Kier alpha value is -1.33. The Balaban J connectivity index is 0.00000128. The van der Waals surface area contributed by atoms with Crippen LogP contribution < -0.4 is 0 Å². The summed E-state index contributed by atoms with van der Waals surface area (Å²) >= 11 is 1.45. The molecule has 2 rings (SSSR count). The van der Waals surface area contributed by atoms with Gasteiger partial charge < -0.3 is 9.67 Å². The second-order valence-electron chi connectivity index (χ2n) is 3.19. The summed E-state index contributed by atoms with van der Waals surface area (Å²) in [5.74, 6) is 0.000379. The van der Waals surface area contributed by atoms with Crippen molar-refractivity contribution in [2.75, 3.05) is 0 Å². The number of thiophene rings is 1. The summed E-state index contributed by atoms with van der Waals surface area (Å²) in [4.78, 5) is 15.7. The van der Waals surface area contributed by atoms with E-state index >= 15 is 0 Å². The van der Waals surface area contributed by atoms with Crippen LogP contribution in [0.3, 0.4) is 0 Å². The maximum absolute atomic E-state index is 10.7. The highest BCUT2D eigenvalue weighted by molar-refractivity contribution is 7.10. The smallest absolute Gasteiger partial charge is 0.308 e. The maximum atomic E-state index is 10.7. The molecule has 0 aliphatic rings. The molecule has 2 heterocycles. The zero-order valence-corrected chi connectivity index (χ0v) is 10.2. The fraction of sp³-hybridized carbons (Fsp3) is 0.200. The molecule has 1 N–H and O–H groups in total. The average Bonchev–Trinajstić information content (AvgIpc) is 2.73. The molecule has 0 radical (unpaired) electrons. The lowest BCUT2D eigenvalue weighted by molar-refractivity contribution is -0.136. The van der Waals surface area contributed by atoms with E-state index in [1.165, 1.54) is 11.3 Å². The van der Waals surface area contributed by atoms with Gasteiger partial charge in [-0.15, -0.1) is 23.7 Å². The summed E-state index contributed by atoms with van der Waals surface area (Å²) in [6.45, 7) is 0. The van der Waals surface area contributed by atoms with Crippen LogP contribution in [0.1, 0.15) is 4.88 Å². The number of nitrogens with zero attached hydrogens (tertiary/aromatic N) is 2. The largest absolute Gasteiger partial charge is 0.481 e. The molecule has 0 atom stereocenters. The van der Waals surface area contributed by atoms with Gasteiger partial charge in [0, 0.05) is 29.9 Å². The Morgan fingerprint density at radius 2 is 2.38 bits per heavy atom. The number of imidazole rings is 1. The topological polar surface area (TPSA) is 55.1 Å². The van der Waals surface area contributed by atoms with E-state index < -0.39 is 5.97 Å². The maximum Gasteiger partial charge on any atom is 0.308 e. The molecule has 0 aromatic carbocycles. The second kappa shape index (κ2) is 5.14. The molecule has 2 aromatic rings. The van der Waals surface area contributed by atoms with E-state index in [-0.39, 0.29) is 18.8 Å². The van der Waals surface area contributed by atoms with Crippen LogP contribution in [0.25, 0.3) is 11.4 Å². The predicted molar refractivity (Wildman–Crippen MR) is 65.1 cm³/mol. The summed E-state index contributed by atoms with van der Waals surface area (Å²) in [6.07, 6.45) is 3.61. The summed E-state index contributed by atoms with van der Waals surface area (Å²) < 4.78 is 1.88. The lowest BCUT2D eigenvalue weighted by Gasteiger charge is -2.01. The van der Waals surface area contributed by atoms with Gasteiger partial charge in [0.05, 0.1) is 6.42 Å². The first-order valence-corrected chi connectivity index (χ1v) is 5.32. The Morgan fingerprint density at radius 1 is 1.62 bits per heavy atom. The fourth-order valence-corrected chi connectivity index (χ4v) is 2.30. The molecular weight excluding hydrogens is 248 g/mol. The van der Waals surface area contributed by atoms with Gasteiger partial charge in [-0.25, -0.2) is 4.98 Å². The highest BCUT2D eigenvalue weighted by atomic mass is 35.5. The van der Waals surface area contributed by atoms with Gasteiger partial charge >= 0.3 is 5.97 Å². The van der Waals surface area contributed by atoms with Crippen LogP contribution in [0, 0.1) is 0 Å². The number of hydrogen-bond donors (Lipinski definition) is 1. The van der Waals surface area contributed by atoms with Gasteiger partial charge in [0.2, 0.25) is 0 Å². The Bertz CT molecular complexity index is 492. The van der Waals surface area contributed by atoms with Crippen molar-refractivity contribution >= 4 is 29.7 Å². The van der Waals surface area contributed by atoms with E-state index in [1.54, 1.807) is 6.20 Å². The van der Waals surface area contributed by atoms with Crippen molar-refractivity contribution in [3.05, 3.63) is 28.7 Å². The quantitative estimate of drug-likeness (QED) is 0.918. The lowest BCUT2D eigenvalue weighted by Crippen LogP contribution is -2.00. The molecule has 0 aliphatic carbocycles. The molecular formula is C10H11ClN2O2S. The van der Waals surface area contributed by atoms with Crippen molar-refractivity contribution < 1.29 is 9.90 Å². The third-order valence-electron chi connectivity index (χ3n) is 2.12. The summed E-state index contributed by atoms with van der Waals surface area (Å²) in [5.41, 5.74) is 0.912. The van der Waals surface area contributed by atoms with E-state index in [9.17, 15) is 4.79 Å². The number of aliphatic carboxylic acids is 1. The fourth-order valence-electron chi connectivity index (χ4n) is 1.44. The summed E-state index contributed by atoms with van der Waals surface area (Å²) in [7, 11) is 1.89. The van der Waals surface area contributed by atoms with E-state index in [2.05, 4.69) is 4.98 Å². The molecule has 0 amide bonds. The highest BCUT2D eigenvalue weighted by Crippen LogP contribution is 2.27. The zero-order valence-electron chi connectivity index (χ0n) is 8.58. The molecule has 0 bridgehead atoms. The number of halogens is 1. The minimum atomic E-state index is -0.812. The zero-order chi connectivity index (χ0) is 10.8.